The van der Waals surface area contributed by atoms with E-state index in [1.807, 2.05) is 13.8 Å². The lowest BCUT2D eigenvalue weighted by atomic mass is 10.1. The van der Waals surface area contributed by atoms with Crippen LogP contribution in [0.25, 0.3) is 0 Å². The summed E-state index contributed by atoms with van der Waals surface area (Å²) in [5.74, 6) is -1.22. The third-order valence-corrected chi connectivity index (χ3v) is 2.47. The molecular weight excluding hydrogens is 289 g/mol. The minimum atomic E-state index is -4.72. The van der Waals surface area contributed by atoms with Gasteiger partial charge < -0.3 is 14.6 Å². The first kappa shape index (κ1) is 17.3. The number of hydrogen-bond acceptors (Lipinski definition) is 3. The summed E-state index contributed by atoms with van der Waals surface area (Å²) >= 11 is 0. The zero-order valence-corrected chi connectivity index (χ0v) is 11.7. The van der Waals surface area contributed by atoms with Crippen LogP contribution >= 0.6 is 0 Å². The Hall–Kier alpha value is -1.76. The molecule has 21 heavy (non-hydrogen) atoms. The molecule has 0 saturated heterocycles. The third kappa shape index (κ3) is 5.63. The molecule has 1 rings (SSSR count). The van der Waals surface area contributed by atoms with Gasteiger partial charge in [-0.15, -0.1) is 0 Å². The van der Waals surface area contributed by atoms with Gasteiger partial charge in [-0.3, -0.25) is 0 Å². The molecule has 0 saturated carbocycles. The number of carboxylic acid groups (broad SMARTS) is 1. The second kappa shape index (κ2) is 7.31. The number of carboxylic acids is 1. The SMILES string of the molecule is CC(C)COCCOc1ccc(C(F)(F)F)c(C(=O)O)c1. The quantitative estimate of drug-likeness (QED) is 0.784. The molecule has 0 radical (unpaired) electrons. The highest BCUT2D eigenvalue weighted by Gasteiger charge is 2.35. The molecule has 0 aromatic heterocycles. The van der Waals surface area contributed by atoms with Crippen LogP contribution < -0.4 is 4.74 Å². The number of carbonyl (C=O) groups is 1. The van der Waals surface area contributed by atoms with Crippen molar-refractivity contribution in [2.75, 3.05) is 19.8 Å². The molecule has 7 heteroatoms. The van der Waals surface area contributed by atoms with E-state index in [0.29, 0.717) is 18.6 Å². The average Bonchev–Trinajstić information content (AvgIpc) is 2.36. The minimum absolute atomic E-state index is 0.0635. The smallest absolute Gasteiger partial charge is 0.417 e. The maximum Gasteiger partial charge on any atom is 0.417 e. The summed E-state index contributed by atoms with van der Waals surface area (Å²) in [6, 6.07) is 2.67. The Kier molecular flexibility index (Phi) is 6.02. The van der Waals surface area contributed by atoms with Crippen molar-refractivity contribution in [2.45, 2.75) is 20.0 Å². The topological polar surface area (TPSA) is 55.8 Å². The molecule has 0 unspecified atom stereocenters. The molecule has 1 aromatic carbocycles. The fraction of sp³-hybridized carbons (Fsp3) is 0.500. The van der Waals surface area contributed by atoms with E-state index in [4.69, 9.17) is 14.6 Å². The molecule has 0 spiro atoms. The first-order valence-electron chi connectivity index (χ1n) is 6.37. The second-order valence-corrected chi connectivity index (χ2v) is 4.83. The van der Waals surface area contributed by atoms with Crippen LogP contribution in [0.15, 0.2) is 18.2 Å². The van der Waals surface area contributed by atoms with Crippen LogP contribution in [0.1, 0.15) is 29.8 Å². The summed E-state index contributed by atoms with van der Waals surface area (Å²) in [7, 11) is 0. The molecule has 0 amide bonds. The first-order chi connectivity index (χ1) is 9.71. The molecule has 0 aliphatic rings. The van der Waals surface area contributed by atoms with Gasteiger partial charge in [0.25, 0.3) is 0 Å². The van der Waals surface area contributed by atoms with E-state index in [1.54, 1.807) is 0 Å². The number of halogens is 3. The summed E-state index contributed by atoms with van der Waals surface area (Å²) in [5.41, 5.74) is -2.03. The minimum Gasteiger partial charge on any atom is -0.491 e. The Morgan fingerprint density at radius 2 is 1.95 bits per heavy atom. The predicted molar refractivity (Wildman–Crippen MR) is 69.6 cm³/mol. The lowest BCUT2D eigenvalue weighted by molar-refractivity contribution is -0.138. The van der Waals surface area contributed by atoms with Crippen molar-refractivity contribution in [3.05, 3.63) is 29.3 Å². The van der Waals surface area contributed by atoms with Crippen LogP contribution in [0.2, 0.25) is 0 Å². The third-order valence-electron chi connectivity index (χ3n) is 2.47. The molecule has 0 aliphatic heterocycles. The van der Waals surface area contributed by atoms with Gasteiger partial charge in [-0.05, 0) is 24.1 Å². The largest absolute Gasteiger partial charge is 0.491 e. The Morgan fingerprint density at radius 3 is 2.48 bits per heavy atom. The van der Waals surface area contributed by atoms with E-state index >= 15 is 0 Å². The number of hydrogen-bond donors (Lipinski definition) is 1. The molecule has 0 fully saturated rings. The zero-order valence-electron chi connectivity index (χ0n) is 11.7. The number of alkyl halides is 3. The van der Waals surface area contributed by atoms with Gasteiger partial charge in [-0.25, -0.2) is 4.79 Å². The van der Waals surface area contributed by atoms with Gasteiger partial charge in [0.15, 0.2) is 0 Å². The van der Waals surface area contributed by atoms with Crippen molar-refractivity contribution in [1.29, 1.82) is 0 Å². The summed E-state index contributed by atoms with van der Waals surface area (Å²) in [6.45, 7) is 4.93. The van der Waals surface area contributed by atoms with E-state index in [2.05, 4.69) is 0 Å². The monoisotopic (exact) mass is 306 g/mol. The van der Waals surface area contributed by atoms with Crippen molar-refractivity contribution in [3.63, 3.8) is 0 Å². The molecule has 1 aromatic rings. The highest BCUT2D eigenvalue weighted by Crippen LogP contribution is 2.33. The maximum absolute atomic E-state index is 12.6. The van der Waals surface area contributed by atoms with Crippen molar-refractivity contribution in [3.8, 4) is 5.75 Å². The van der Waals surface area contributed by atoms with Gasteiger partial charge in [-0.2, -0.15) is 13.2 Å². The average molecular weight is 306 g/mol. The Morgan fingerprint density at radius 1 is 1.29 bits per heavy atom. The zero-order chi connectivity index (χ0) is 16.0. The molecule has 4 nitrogen and oxygen atoms in total. The molecule has 0 bridgehead atoms. The lowest BCUT2D eigenvalue weighted by Gasteiger charge is -2.13. The van der Waals surface area contributed by atoms with Crippen LogP contribution in [0.5, 0.6) is 5.75 Å². The fourth-order valence-corrected chi connectivity index (χ4v) is 1.57. The maximum atomic E-state index is 12.6. The number of benzene rings is 1. The van der Waals surface area contributed by atoms with Gasteiger partial charge >= 0.3 is 12.1 Å². The highest BCUT2D eigenvalue weighted by atomic mass is 19.4. The lowest BCUT2D eigenvalue weighted by Crippen LogP contribution is -2.14. The van der Waals surface area contributed by atoms with Crippen molar-refractivity contribution < 1.29 is 32.5 Å². The fourth-order valence-electron chi connectivity index (χ4n) is 1.57. The predicted octanol–water partition coefficient (Wildman–Crippen LogP) is 3.46. The van der Waals surface area contributed by atoms with Crippen LogP contribution in [0, 0.1) is 5.92 Å². The van der Waals surface area contributed by atoms with E-state index in [0.717, 1.165) is 12.1 Å². The Bertz CT molecular complexity index is 484. The van der Waals surface area contributed by atoms with E-state index in [-0.39, 0.29) is 19.0 Å². The summed E-state index contributed by atoms with van der Waals surface area (Å²) < 4.78 is 48.4. The number of rotatable bonds is 7. The Balaban J connectivity index is 2.69. The summed E-state index contributed by atoms with van der Waals surface area (Å²) in [5, 5.41) is 8.84. The molecule has 1 N–H and O–H groups in total. The highest BCUT2D eigenvalue weighted by molar-refractivity contribution is 5.90. The summed E-state index contributed by atoms with van der Waals surface area (Å²) in [6.07, 6.45) is -4.72. The van der Waals surface area contributed by atoms with Gasteiger partial charge in [0.1, 0.15) is 12.4 Å². The molecule has 0 heterocycles. The Labute approximate surface area is 120 Å². The van der Waals surface area contributed by atoms with E-state index in [9.17, 15) is 18.0 Å². The van der Waals surface area contributed by atoms with E-state index < -0.39 is 23.3 Å². The van der Waals surface area contributed by atoms with Gasteiger partial charge in [-0.1, -0.05) is 13.8 Å². The van der Waals surface area contributed by atoms with Crippen LogP contribution in [-0.4, -0.2) is 30.9 Å². The first-order valence-corrected chi connectivity index (χ1v) is 6.37. The van der Waals surface area contributed by atoms with Gasteiger partial charge in [0, 0.05) is 6.61 Å². The molecule has 0 atom stereocenters. The van der Waals surface area contributed by atoms with Crippen molar-refractivity contribution in [2.24, 2.45) is 5.92 Å². The van der Waals surface area contributed by atoms with Crippen LogP contribution in [0.4, 0.5) is 13.2 Å². The van der Waals surface area contributed by atoms with E-state index in [1.165, 1.54) is 0 Å². The standard InChI is InChI=1S/C14H17F3O4/c1-9(2)8-20-5-6-21-10-3-4-12(14(15,16)17)11(7-10)13(18)19/h3-4,7,9H,5-6,8H2,1-2H3,(H,18,19). The van der Waals surface area contributed by atoms with Crippen LogP contribution in [-0.2, 0) is 10.9 Å². The molecular formula is C14H17F3O4. The second-order valence-electron chi connectivity index (χ2n) is 4.83. The van der Waals surface area contributed by atoms with Crippen molar-refractivity contribution >= 4 is 5.97 Å². The number of aromatic carboxylic acids is 1. The summed E-state index contributed by atoms with van der Waals surface area (Å²) in [4.78, 5) is 10.9. The van der Waals surface area contributed by atoms with Crippen molar-refractivity contribution in [1.82, 2.24) is 0 Å². The molecule has 118 valence electrons. The van der Waals surface area contributed by atoms with Gasteiger partial charge in [0.2, 0.25) is 0 Å². The number of ether oxygens (including phenoxy) is 2. The van der Waals surface area contributed by atoms with Gasteiger partial charge in [0.05, 0.1) is 17.7 Å². The normalized spacial score (nSPS) is 11.7. The molecule has 0 aliphatic carbocycles. The van der Waals surface area contributed by atoms with Crippen LogP contribution in [0.3, 0.4) is 0 Å².